The van der Waals surface area contributed by atoms with Gasteiger partial charge in [-0.1, -0.05) is 11.6 Å². The minimum absolute atomic E-state index is 0.0298. The molecule has 120 valence electrons. The standard InChI is InChI=1S/C17H17ClN2O3/c18-13-3-6-15(7-4-13)23-16-8-5-14(10-19-16)20-17(21)12-2-1-9-22-11-12/h3-8,10,12H,1-2,9,11H2,(H,20,21). The number of hydrogen-bond donors (Lipinski definition) is 1. The van der Waals surface area contributed by atoms with Crippen molar-refractivity contribution >= 4 is 23.2 Å². The Bertz CT molecular complexity index is 653. The van der Waals surface area contributed by atoms with Gasteiger partial charge < -0.3 is 14.8 Å². The van der Waals surface area contributed by atoms with Crippen LogP contribution in [0.2, 0.25) is 5.02 Å². The lowest BCUT2D eigenvalue weighted by molar-refractivity contribution is -0.123. The van der Waals surface area contributed by atoms with E-state index in [1.165, 1.54) is 0 Å². The molecule has 0 spiro atoms. The van der Waals surface area contributed by atoms with Gasteiger partial charge >= 0.3 is 0 Å². The summed E-state index contributed by atoms with van der Waals surface area (Å²) < 4.78 is 10.9. The van der Waals surface area contributed by atoms with Gasteiger partial charge in [0.1, 0.15) is 5.75 Å². The summed E-state index contributed by atoms with van der Waals surface area (Å²) in [6.45, 7) is 1.22. The molecule has 1 fully saturated rings. The zero-order valence-electron chi connectivity index (χ0n) is 12.5. The van der Waals surface area contributed by atoms with Crippen molar-refractivity contribution in [1.82, 2.24) is 4.98 Å². The molecule has 1 aromatic carbocycles. The van der Waals surface area contributed by atoms with Crippen LogP contribution in [0.25, 0.3) is 0 Å². The number of amides is 1. The van der Waals surface area contributed by atoms with E-state index in [1.807, 2.05) is 0 Å². The van der Waals surface area contributed by atoms with Crippen molar-refractivity contribution in [2.75, 3.05) is 18.5 Å². The number of halogens is 1. The van der Waals surface area contributed by atoms with E-state index in [-0.39, 0.29) is 11.8 Å². The Balaban J connectivity index is 1.58. The Morgan fingerprint density at radius 2 is 2.09 bits per heavy atom. The van der Waals surface area contributed by atoms with E-state index in [0.717, 1.165) is 19.4 Å². The maximum Gasteiger partial charge on any atom is 0.229 e. The third-order valence-electron chi connectivity index (χ3n) is 3.57. The summed E-state index contributed by atoms with van der Waals surface area (Å²) >= 11 is 5.83. The minimum atomic E-state index is -0.0891. The van der Waals surface area contributed by atoms with Gasteiger partial charge in [0.2, 0.25) is 11.8 Å². The molecule has 1 aromatic heterocycles. The van der Waals surface area contributed by atoms with Gasteiger partial charge in [-0.25, -0.2) is 4.98 Å². The zero-order chi connectivity index (χ0) is 16.1. The molecule has 0 aliphatic carbocycles. The number of carbonyl (C=O) groups excluding carboxylic acids is 1. The van der Waals surface area contributed by atoms with Gasteiger partial charge in [0.05, 0.1) is 24.4 Å². The maximum atomic E-state index is 12.1. The van der Waals surface area contributed by atoms with Gasteiger partial charge in [-0.05, 0) is 43.2 Å². The number of hydrogen-bond acceptors (Lipinski definition) is 4. The number of nitrogens with zero attached hydrogens (tertiary/aromatic N) is 1. The third kappa shape index (κ3) is 4.43. The lowest BCUT2D eigenvalue weighted by Gasteiger charge is -2.21. The van der Waals surface area contributed by atoms with E-state index in [9.17, 15) is 4.79 Å². The molecule has 1 saturated heterocycles. The first-order chi connectivity index (χ1) is 11.2. The molecule has 6 heteroatoms. The highest BCUT2D eigenvalue weighted by molar-refractivity contribution is 6.30. The number of pyridine rings is 1. The topological polar surface area (TPSA) is 60.5 Å². The number of rotatable bonds is 4. The Labute approximate surface area is 139 Å². The van der Waals surface area contributed by atoms with Crippen molar-refractivity contribution in [1.29, 1.82) is 0 Å². The summed E-state index contributed by atoms with van der Waals surface area (Å²) in [6.07, 6.45) is 3.36. The second-order valence-corrected chi connectivity index (χ2v) is 5.78. The molecule has 0 saturated carbocycles. The van der Waals surface area contributed by atoms with Crippen LogP contribution >= 0.6 is 11.6 Å². The van der Waals surface area contributed by atoms with Crippen molar-refractivity contribution < 1.29 is 14.3 Å². The van der Waals surface area contributed by atoms with E-state index in [1.54, 1.807) is 42.6 Å². The van der Waals surface area contributed by atoms with Crippen molar-refractivity contribution in [2.45, 2.75) is 12.8 Å². The molecule has 23 heavy (non-hydrogen) atoms. The molecule has 2 heterocycles. The molecule has 2 aromatic rings. The van der Waals surface area contributed by atoms with Gasteiger partial charge in [-0.3, -0.25) is 4.79 Å². The normalized spacial score (nSPS) is 17.5. The second-order valence-electron chi connectivity index (χ2n) is 5.34. The van der Waals surface area contributed by atoms with Crippen LogP contribution in [-0.2, 0) is 9.53 Å². The van der Waals surface area contributed by atoms with Crippen molar-refractivity contribution in [3.8, 4) is 11.6 Å². The number of nitrogens with one attached hydrogen (secondary N) is 1. The summed E-state index contributed by atoms with van der Waals surface area (Å²) in [5, 5.41) is 3.50. The predicted molar refractivity (Wildman–Crippen MR) is 87.9 cm³/mol. The minimum Gasteiger partial charge on any atom is -0.439 e. The van der Waals surface area contributed by atoms with Gasteiger partial charge in [0, 0.05) is 17.7 Å². The average Bonchev–Trinajstić information content (AvgIpc) is 2.59. The first-order valence-electron chi connectivity index (χ1n) is 7.49. The molecule has 1 unspecified atom stereocenters. The lowest BCUT2D eigenvalue weighted by Crippen LogP contribution is -2.30. The molecule has 5 nitrogen and oxygen atoms in total. The van der Waals surface area contributed by atoms with E-state index in [2.05, 4.69) is 10.3 Å². The molecule has 0 radical (unpaired) electrons. The lowest BCUT2D eigenvalue weighted by atomic mass is 10.0. The fourth-order valence-electron chi connectivity index (χ4n) is 2.33. The molecule has 1 N–H and O–H groups in total. The number of ether oxygens (including phenoxy) is 2. The number of benzene rings is 1. The number of carbonyl (C=O) groups is 1. The van der Waals surface area contributed by atoms with Crippen LogP contribution in [0.5, 0.6) is 11.6 Å². The van der Waals surface area contributed by atoms with Crippen LogP contribution in [0, 0.1) is 5.92 Å². The largest absolute Gasteiger partial charge is 0.439 e. The SMILES string of the molecule is O=C(Nc1ccc(Oc2ccc(Cl)cc2)nc1)C1CCCOC1. The van der Waals surface area contributed by atoms with E-state index >= 15 is 0 Å². The van der Waals surface area contributed by atoms with Gasteiger partial charge in [0.15, 0.2) is 0 Å². The average molecular weight is 333 g/mol. The van der Waals surface area contributed by atoms with Crippen LogP contribution in [0.4, 0.5) is 5.69 Å². The maximum absolute atomic E-state index is 12.1. The smallest absolute Gasteiger partial charge is 0.229 e. The quantitative estimate of drug-likeness (QED) is 0.922. The second kappa shape index (κ2) is 7.44. The predicted octanol–water partition coefficient (Wildman–Crippen LogP) is 3.89. The Kier molecular flexibility index (Phi) is 5.10. The van der Waals surface area contributed by atoms with E-state index in [4.69, 9.17) is 21.1 Å². The highest BCUT2D eigenvalue weighted by Crippen LogP contribution is 2.23. The van der Waals surface area contributed by atoms with Crippen molar-refractivity contribution in [3.63, 3.8) is 0 Å². The van der Waals surface area contributed by atoms with E-state index in [0.29, 0.717) is 28.9 Å². The highest BCUT2D eigenvalue weighted by Gasteiger charge is 2.21. The Morgan fingerprint density at radius 3 is 2.74 bits per heavy atom. The first-order valence-corrected chi connectivity index (χ1v) is 7.86. The van der Waals surface area contributed by atoms with Crippen LogP contribution < -0.4 is 10.1 Å². The molecule has 1 atom stereocenters. The third-order valence-corrected chi connectivity index (χ3v) is 3.82. The van der Waals surface area contributed by atoms with Crippen LogP contribution in [-0.4, -0.2) is 24.1 Å². The molecular weight excluding hydrogens is 316 g/mol. The van der Waals surface area contributed by atoms with Crippen LogP contribution in [0.15, 0.2) is 42.6 Å². The fourth-order valence-corrected chi connectivity index (χ4v) is 2.46. The summed E-state index contributed by atoms with van der Waals surface area (Å²) in [7, 11) is 0. The molecule has 1 amide bonds. The summed E-state index contributed by atoms with van der Waals surface area (Å²) in [6, 6.07) is 10.5. The molecule has 3 rings (SSSR count). The molecule has 0 bridgehead atoms. The molecule has 1 aliphatic rings. The summed E-state index contributed by atoms with van der Waals surface area (Å²) in [5.41, 5.74) is 0.643. The summed E-state index contributed by atoms with van der Waals surface area (Å²) in [5.74, 6) is 0.982. The number of anilines is 1. The fraction of sp³-hybridized carbons (Fsp3) is 0.294. The molecule has 1 aliphatic heterocycles. The van der Waals surface area contributed by atoms with E-state index < -0.39 is 0 Å². The molecular formula is C17H17ClN2O3. The number of aromatic nitrogens is 1. The zero-order valence-corrected chi connectivity index (χ0v) is 13.3. The Morgan fingerprint density at radius 1 is 1.26 bits per heavy atom. The van der Waals surface area contributed by atoms with Gasteiger partial charge in [-0.15, -0.1) is 0 Å². The Hall–Kier alpha value is -2.11. The van der Waals surface area contributed by atoms with Gasteiger partial charge in [-0.2, -0.15) is 0 Å². The van der Waals surface area contributed by atoms with Crippen LogP contribution in [0.3, 0.4) is 0 Å². The van der Waals surface area contributed by atoms with Gasteiger partial charge in [0.25, 0.3) is 0 Å². The van der Waals surface area contributed by atoms with Crippen LogP contribution in [0.1, 0.15) is 12.8 Å². The highest BCUT2D eigenvalue weighted by atomic mass is 35.5. The van der Waals surface area contributed by atoms with Crippen molar-refractivity contribution in [3.05, 3.63) is 47.6 Å². The van der Waals surface area contributed by atoms with Crippen molar-refractivity contribution in [2.24, 2.45) is 5.92 Å². The summed E-state index contributed by atoms with van der Waals surface area (Å²) in [4.78, 5) is 16.3. The first kappa shape index (κ1) is 15.8. The monoisotopic (exact) mass is 332 g/mol.